The number of phenolic OH excluding ortho intramolecular Hbond substituents is 1. The van der Waals surface area contributed by atoms with Crippen LogP contribution in [0, 0.1) is 0 Å². The number of dihydropyridines is 1. The lowest BCUT2D eigenvalue weighted by atomic mass is 9.71. The Morgan fingerprint density at radius 1 is 1.09 bits per heavy atom. The molecule has 6 nitrogen and oxygen atoms in total. The third kappa shape index (κ3) is 4.55. The van der Waals surface area contributed by atoms with Gasteiger partial charge >= 0.3 is 5.97 Å². The summed E-state index contributed by atoms with van der Waals surface area (Å²) in [6.07, 6.45) is 0.952. The van der Waals surface area contributed by atoms with Crippen molar-refractivity contribution in [3.05, 3.63) is 81.2 Å². The molecule has 0 spiro atoms. The molecule has 2 aromatic carbocycles. The highest BCUT2D eigenvalue weighted by atomic mass is 35.5. The molecule has 0 bridgehead atoms. The van der Waals surface area contributed by atoms with Crippen LogP contribution in [0.1, 0.15) is 56.6 Å². The summed E-state index contributed by atoms with van der Waals surface area (Å²) in [5.74, 6) is -0.795. The minimum Gasteiger partial charge on any atom is -0.504 e. The van der Waals surface area contributed by atoms with Crippen molar-refractivity contribution in [3.8, 4) is 11.5 Å². The average Bonchev–Trinajstić information content (AvgIpc) is 2.80. The Balaban J connectivity index is 1.81. The average molecular weight is 482 g/mol. The van der Waals surface area contributed by atoms with Crippen LogP contribution in [-0.4, -0.2) is 30.1 Å². The highest BCUT2D eigenvalue weighted by Gasteiger charge is 2.41. The van der Waals surface area contributed by atoms with Gasteiger partial charge in [-0.15, -0.1) is 0 Å². The van der Waals surface area contributed by atoms with Gasteiger partial charge in [-0.3, -0.25) is 4.79 Å². The van der Waals surface area contributed by atoms with Crippen molar-refractivity contribution in [1.82, 2.24) is 5.32 Å². The van der Waals surface area contributed by atoms with Crippen LogP contribution in [0.15, 0.2) is 65.0 Å². The Morgan fingerprint density at radius 2 is 1.79 bits per heavy atom. The van der Waals surface area contributed by atoms with Gasteiger partial charge in [0.15, 0.2) is 17.3 Å². The molecule has 1 aliphatic carbocycles. The minimum atomic E-state index is -0.617. The first kappa shape index (κ1) is 23.9. The number of nitrogens with one attached hydrogen (secondary N) is 1. The molecule has 1 heterocycles. The molecule has 0 saturated carbocycles. The van der Waals surface area contributed by atoms with Crippen molar-refractivity contribution < 1.29 is 24.2 Å². The van der Waals surface area contributed by atoms with Gasteiger partial charge in [0.05, 0.1) is 18.8 Å². The van der Waals surface area contributed by atoms with Crippen LogP contribution >= 0.6 is 11.6 Å². The van der Waals surface area contributed by atoms with Crippen molar-refractivity contribution in [1.29, 1.82) is 0 Å². The van der Waals surface area contributed by atoms with Gasteiger partial charge in [-0.25, -0.2) is 4.79 Å². The summed E-state index contributed by atoms with van der Waals surface area (Å²) >= 11 is 6.05. The summed E-state index contributed by atoms with van der Waals surface area (Å²) in [5, 5.41) is 14.2. The molecule has 0 aromatic heterocycles. The monoisotopic (exact) mass is 481 g/mol. The molecule has 0 fully saturated rings. The fraction of sp³-hybridized carbons (Fsp3) is 0.333. The molecular weight excluding hydrogens is 454 g/mol. The maximum Gasteiger partial charge on any atom is 0.336 e. The number of halogens is 1. The van der Waals surface area contributed by atoms with Gasteiger partial charge in [0, 0.05) is 34.3 Å². The second kappa shape index (κ2) is 9.94. The number of ether oxygens (including phenoxy) is 2. The van der Waals surface area contributed by atoms with E-state index in [1.807, 2.05) is 38.1 Å². The Kier molecular flexibility index (Phi) is 6.98. The number of carbonyl (C=O) groups is 2. The SMILES string of the molecule is CCOC(=O)C1=C(C)NC2=C(C(=O)C[C@@H](c3ccc(Cl)cc3)C2)[C@@H]1c1ccc(O)c(OCC)c1. The maximum atomic E-state index is 13.6. The lowest BCUT2D eigenvalue weighted by Gasteiger charge is -2.36. The first-order valence-electron chi connectivity index (χ1n) is 11.5. The number of ketones is 1. The van der Waals surface area contributed by atoms with Crippen LogP contribution in [0.4, 0.5) is 0 Å². The van der Waals surface area contributed by atoms with Crippen LogP contribution in [0.3, 0.4) is 0 Å². The summed E-state index contributed by atoms with van der Waals surface area (Å²) in [5.41, 5.74) is 4.15. The number of allylic oxidation sites excluding steroid dienone is 3. The van der Waals surface area contributed by atoms with E-state index in [1.54, 1.807) is 19.1 Å². The van der Waals surface area contributed by atoms with E-state index in [1.165, 1.54) is 6.07 Å². The molecule has 34 heavy (non-hydrogen) atoms. The quantitative estimate of drug-likeness (QED) is 0.539. The van der Waals surface area contributed by atoms with Gasteiger partial charge in [0.25, 0.3) is 0 Å². The molecule has 0 unspecified atom stereocenters. The zero-order chi connectivity index (χ0) is 24.4. The Bertz CT molecular complexity index is 1180. The fourth-order valence-electron chi connectivity index (χ4n) is 4.80. The van der Waals surface area contributed by atoms with E-state index < -0.39 is 11.9 Å². The van der Waals surface area contributed by atoms with Gasteiger partial charge in [0.1, 0.15) is 0 Å². The van der Waals surface area contributed by atoms with E-state index in [0.29, 0.717) is 52.6 Å². The van der Waals surface area contributed by atoms with Gasteiger partial charge in [-0.1, -0.05) is 29.8 Å². The molecule has 7 heteroatoms. The number of Topliss-reactive ketones (excluding diaryl/α,β-unsaturated/α-hetero) is 1. The molecule has 0 radical (unpaired) electrons. The molecule has 0 amide bonds. The van der Waals surface area contributed by atoms with Crippen molar-refractivity contribution in [2.24, 2.45) is 0 Å². The van der Waals surface area contributed by atoms with E-state index in [-0.39, 0.29) is 24.1 Å². The van der Waals surface area contributed by atoms with Crippen molar-refractivity contribution in [3.63, 3.8) is 0 Å². The van der Waals surface area contributed by atoms with Crippen LogP contribution in [0.25, 0.3) is 0 Å². The summed E-state index contributed by atoms with van der Waals surface area (Å²) in [6, 6.07) is 12.5. The van der Waals surface area contributed by atoms with Crippen LogP contribution in [0.2, 0.25) is 5.02 Å². The first-order valence-corrected chi connectivity index (χ1v) is 11.8. The molecule has 2 atom stereocenters. The number of carbonyl (C=O) groups excluding carboxylic acids is 2. The highest BCUT2D eigenvalue weighted by Crippen LogP contribution is 2.47. The fourth-order valence-corrected chi connectivity index (χ4v) is 4.93. The topological polar surface area (TPSA) is 84.9 Å². The van der Waals surface area contributed by atoms with Gasteiger partial charge in [-0.05, 0) is 68.5 Å². The Morgan fingerprint density at radius 3 is 2.47 bits per heavy atom. The van der Waals surface area contributed by atoms with Crippen LogP contribution in [-0.2, 0) is 14.3 Å². The Hall–Kier alpha value is -3.25. The van der Waals surface area contributed by atoms with E-state index >= 15 is 0 Å². The van der Waals surface area contributed by atoms with Crippen molar-refractivity contribution >= 4 is 23.4 Å². The number of rotatable bonds is 6. The highest BCUT2D eigenvalue weighted by molar-refractivity contribution is 6.30. The number of benzene rings is 2. The Labute approximate surface area is 204 Å². The van der Waals surface area contributed by atoms with E-state index in [4.69, 9.17) is 21.1 Å². The number of phenols is 1. The summed E-state index contributed by atoms with van der Waals surface area (Å²) in [6.45, 7) is 6.00. The maximum absolute atomic E-state index is 13.6. The third-order valence-electron chi connectivity index (χ3n) is 6.28. The molecule has 2 aliphatic rings. The predicted molar refractivity (Wildman–Crippen MR) is 130 cm³/mol. The molecule has 0 saturated heterocycles. The summed E-state index contributed by atoms with van der Waals surface area (Å²) in [4.78, 5) is 26.6. The molecule has 2 aromatic rings. The molecule has 4 rings (SSSR count). The second-order valence-corrected chi connectivity index (χ2v) is 8.89. The number of esters is 1. The van der Waals surface area contributed by atoms with E-state index in [2.05, 4.69) is 5.32 Å². The second-order valence-electron chi connectivity index (χ2n) is 8.45. The zero-order valence-electron chi connectivity index (χ0n) is 19.5. The third-order valence-corrected chi connectivity index (χ3v) is 6.53. The minimum absolute atomic E-state index is 0.00453. The molecule has 178 valence electrons. The molecule has 2 N–H and O–H groups in total. The standard InChI is InChI=1S/C27H28ClNO5/c1-4-33-23-14-17(8-11-21(23)30)25-24(27(32)34-5-2)15(3)29-20-12-18(13-22(31)26(20)25)16-6-9-19(28)10-7-16/h6-11,14,18,25,29-30H,4-5,12-13H2,1-3H3/t18-,25+/m0/s1. The molecular formula is C27H28ClNO5. The van der Waals surface area contributed by atoms with Crippen molar-refractivity contribution in [2.45, 2.75) is 45.4 Å². The normalized spacial score (nSPS) is 20.1. The van der Waals surface area contributed by atoms with Gasteiger partial charge in [0.2, 0.25) is 0 Å². The zero-order valence-corrected chi connectivity index (χ0v) is 20.2. The summed E-state index contributed by atoms with van der Waals surface area (Å²) < 4.78 is 10.9. The van der Waals surface area contributed by atoms with E-state index in [9.17, 15) is 14.7 Å². The lowest BCUT2D eigenvalue weighted by Crippen LogP contribution is -2.36. The van der Waals surface area contributed by atoms with Gasteiger partial charge in [-0.2, -0.15) is 0 Å². The first-order chi connectivity index (χ1) is 16.3. The van der Waals surface area contributed by atoms with Crippen LogP contribution < -0.4 is 10.1 Å². The summed E-state index contributed by atoms with van der Waals surface area (Å²) in [7, 11) is 0. The lowest BCUT2D eigenvalue weighted by molar-refractivity contribution is -0.138. The predicted octanol–water partition coefficient (Wildman–Crippen LogP) is 5.37. The number of aromatic hydroxyl groups is 1. The number of hydrogen-bond donors (Lipinski definition) is 2. The van der Waals surface area contributed by atoms with E-state index in [0.717, 1.165) is 11.3 Å². The van der Waals surface area contributed by atoms with Crippen molar-refractivity contribution in [2.75, 3.05) is 13.2 Å². The smallest absolute Gasteiger partial charge is 0.336 e. The molecule has 1 aliphatic heterocycles. The largest absolute Gasteiger partial charge is 0.504 e. The van der Waals surface area contributed by atoms with Gasteiger partial charge < -0.3 is 19.9 Å². The van der Waals surface area contributed by atoms with Crippen LogP contribution in [0.5, 0.6) is 11.5 Å². The number of hydrogen-bond acceptors (Lipinski definition) is 6.